The van der Waals surface area contributed by atoms with Crippen LogP contribution in [0.4, 0.5) is 0 Å². The molecule has 0 bridgehead atoms. The average Bonchev–Trinajstić information content (AvgIpc) is 2.99. The molecule has 33 heavy (non-hydrogen) atoms. The number of hydrogen-bond donors (Lipinski definition) is 1. The lowest BCUT2D eigenvalue weighted by atomic mass is 10.1. The van der Waals surface area contributed by atoms with E-state index in [-0.39, 0.29) is 35.9 Å². The molecule has 9 heteroatoms. The number of benzene rings is 2. The Morgan fingerprint density at radius 2 is 1.85 bits per heavy atom. The van der Waals surface area contributed by atoms with Crippen LogP contribution >= 0.6 is 0 Å². The Hall–Kier alpha value is -3.20. The summed E-state index contributed by atoms with van der Waals surface area (Å²) in [7, 11) is -4.00. The monoisotopic (exact) mass is 471 g/mol. The van der Waals surface area contributed by atoms with E-state index in [0.29, 0.717) is 6.54 Å². The fourth-order valence-electron chi connectivity index (χ4n) is 3.78. The van der Waals surface area contributed by atoms with E-state index in [1.807, 2.05) is 38.1 Å². The van der Waals surface area contributed by atoms with Gasteiger partial charge in [-0.3, -0.25) is 14.4 Å². The molecule has 1 heterocycles. The molecule has 0 saturated carbocycles. The standard InChI is InChI=1S/C24H29N3O5S/c1-4-13-25-23(29)18(3)26(16-19-9-7-8-17(2)15-19)22(28)12-14-27-24(30)20-10-5-6-11-21(20)33(27,31)32/h5-11,15,18H,4,12-14,16H2,1-3H3,(H,25,29)/t18-/m0/s1. The number of amides is 3. The number of sulfonamides is 1. The topological polar surface area (TPSA) is 104 Å². The van der Waals surface area contributed by atoms with E-state index < -0.39 is 27.9 Å². The number of hydrogen-bond acceptors (Lipinski definition) is 5. The van der Waals surface area contributed by atoms with Crippen LogP contribution in [-0.2, 0) is 26.2 Å². The molecular formula is C24H29N3O5S. The van der Waals surface area contributed by atoms with E-state index in [4.69, 9.17) is 0 Å². The third kappa shape index (κ3) is 5.24. The van der Waals surface area contributed by atoms with Gasteiger partial charge in [-0.25, -0.2) is 12.7 Å². The van der Waals surface area contributed by atoms with Crippen molar-refractivity contribution in [1.82, 2.24) is 14.5 Å². The molecule has 1 aliphatic heterocycles. The van der Waals surface area contributed by atoms with Crippen molar-refractivity contribution in [1.29, 1.82) is 0 Å². The van der Waals surface area contributed by atoms with Crippen LogP contribution in [0.15, 0.2) is 53.4 Å². The highest BCUT2D eigenvalue weighted by Crippen LogP contribution is 2.30. The Kier molecular flexibility index (Phi) is 7.53. The zero-order valence-electron chi connectivity index (χ0n) is 19.1. The van der Waals surface area contributed by atoms with E-state index in [9.17, 15) is 22.8 Å². The molecule has 0 radical (unpaired) electrons. The van der Waals surface area contributed by atoms with Crippen molar-refractivity contribution in [2.75, 3.05) is 13.1 Å². The Balaban J connectivity index is 1.78. The molecule has 0 spiro atoms. The molecule has 0 aromatic heterocycles. The summed E-state index contributed by atoms with van der Waals surface area (Å²) in [4.78, 5) is 39.8. The third-order valence-corrected chi connectivity index (χ3v) is 7.43. The molecule has 2 aromatic carbocycles. The second-order valence-corrected chi connectivity index (χ2v) is 9.94. The Labute approximate surface area is 194 Å². The van der Waals surface area contributed by atoms with Gasteiger partial charge in [-0.2, -0.15) is 0 Å². The molecule has 0 saturated heterocycles. The van der Waals surface area contributed by atoms with Crippen LogP contribution in [0.3, 0.4) is 0 Å². The van der Waals surface area contributed by atoms with Gasteiger partial charge in [-0.05, 0) is 38.0 Å². The fourth-order valence-corrected chi connectivity index (χ4v) is 5.35. The highest BCUT2D eigenvalue weighted by molar-refractivity contribution is 7.90. The highest BCUT2D eigenvalue weighted by atomic mass is 32.2. The van der Waals surface area contributed by atoms with Gasteiger partial charge >= 0.3 is 0 Å². The van der Waals surface area contributed by atoms with Crippen molar-refractivity contribution in [3.05, 3.63) is 65.2 Å². The van der Waals surface area contributed by atoms with Crippen LogP contribution in [0.25, 0.3) is 0 Å². The molecule has 8 nitrogen and oxygen atoms in total. The van der Waals surface area contributed by atoms with Gasteiger partial charge in [-0.15, -0.1) is 0 Å². The van der Waals surface area contributed by atoms with Gasteiger partial charge in [0.1, 0.15) is 10.9 Å². The summed E-state index contributed by atoms with van der Waals surface area (Å²) >= 11 is 0. The maximum Gasteiger partial charge on any atom is 0.269 e. The minimum absolute atomic E-state index is 0.0497. The minimum atomic E-state index is -4.00. The van der Waals surface area contributed by atoms with Crippen LogP contribution in [0.2, 0.25) is 0 Å². The SMILES string of the molecule is CCCNC(=O)[C@H](C)N(Cc1cccc(C)c1)C(=O)CCN1C(=O)c2ccccc2S1(=O)=O. The van der Waals surface area contributed by atoms with Crippen LogP contribution in [-0.4, -0.2) is 54.5 Å². The van der Waals surface area contributed by atoms with Gasteiger partial charge < -0.3 is 10.2 Å². The van der Waals surface area contributed by atoms with Gasteiger partial charge in [0, 0.05) is 26.1 Å². The summed E-state index contributed by atoms with van der Waals surface area (Å²) in [5.41, 5.74) is 1.99. The second kappa shape index (κ2) is 10.2. The van der Waals surface area contributed by atoms with Crippen LogP contribution in [0.5, 0.6) is 0 Å². The first kappa shape index (κ1) is 24.4. The van der Waals surface area contributed by atoms with E-state index in [1.165, 1.54) is 17.0 Å². The fraction of sp³-hybridized carbons (Fsp3) is 0.375. The molecule has 1 atom stereocenters. The molecule has 0 unspecified atom stereocenters. The van der Waals surface area contributed by atoms with E-state index in [0.717, 1.165) is 21.9 Å². The Morgan fingerprint density at radius 3 is 2.52 bits per heavy atom. The van der Waals surface area contributed by atoms with Gasteiger partial charge in [0.2, 0.25) is 11.8 Å². The summed E-state index contributed by atoms with van der Waals surface area (Å²) in [5.74, 6) is -1.33. The second-order valence-electron chi connectivity index (χ2n) is 8.11. The Morgan fingerprint density at radius 1 is 1.12 bits per heavy atom. The molecule has 0 aliphatic carbocycles. The van der Waals surface area contributed by atoms with Crippen LogP contribution in [0, 0.1) is 6.92 Å². The van der Waals surface area contributed by atoms with Crippen LogP contribution < -0.4 is 5.32 Å². The number of nitrogens with zero attached hydrogens (tertiary/aromatic N) is 2. The molecule has 2 aromatic rings. The lowest BCUT2D eigenvalue weighted by molar-refractivity contribution is -0.140. The number of carbonyl (C=O) groups excluding carboxylic acids is 3. The molecule has 176 valence electrons. The minimum Gasteiger partial charge on any atom is -0.354 e. The first-order valence-electron chi connectivity index (χ1n) is 11.0. The molecule has 3 rings (SSSR count). The predicted molar refractivity (Wildman–Crippen MR) is 124 cm³/mol. The largest absolute Gasteiger partial charge is 0.354 e. The number of rotatable bonds is 9. The lowest BCUT2D eigenvalue weighted by Gasteiger charge is -2.29. The van der Waals surface area contributed by atoms with E-state index >= 15 is 0 Å². The summed E-state index contributed by atoms with van der Waals surface area (Å²) in [6.45, 7) is 5.92. The van der Waals surface area contributed by atoms with E-state index in [2.05, 4.69) is 5.32 Å². The van der Waals surface area contributed by atoms with Crippen molar-refractivity contribution in [3.8, 4) is 0 Å². The quantitative estimate of drug-likeness (QED) is 0.605. The molecule has 1 aliphatic rings. The van der Waals surface area contributed by atoms with Crippen molar-refractivity contribution in [2.45, 2.75) is 51.1 Å². The highest BCUT2D eigenvalue weighted by Gasteiger charge is 2.41. The van der Waals surface area contributed by atoms with E-state index in [1.54, 1.807) is 19.1 Å². The summed E-state index contributed by atoms with van der Waals surface area (Å²) in [6, 6.07) is 12.9. The van der Waals surface area contributed by atoms with Gasteiger partial charge in [0.25, 0.3) is 15.9 Å². The lowest BCUT2D eigenvalue weighted by Crippen LogP contribution is -2.48. The van der Waals surface area contributed by atoms with Crippen molar-refractivity contribution in [2.24, 2.45) is 0 Å². The van der Waals surface area contributed by atoms with Gasteiger partial charge in [0.05, 0.1) is 5.56 Å². The number of nitrogens with one attached hydrogen (secondary N) is 1. The van der Waals surface area contributed by atoms with Crippen molar-refractivity contribution in [3.63, 3.8) is 0 Å². The first-order chi connectivity index (χ1) is 15.7. The summed E-state index contributed by atoms with van der Waals surface area (Å²) in [6.07, 6.45) is 0.538. The summed E-state index contributed by atoms with van der Waals surface area (Å²) in [5, 5.41) is 2.80. The molecule has 0 fully saturated rings. The predicted octanol–water partition coefficient (Wildman–Crippen LogP) is 2.47. The smallest absolute Gasteiger partial charge is 0.269 e. The number of fused-ring (bicyclic) bond motifs is 1. The first-order valence-corrected chi connectivity index (χ1v) is 12.4. The van der Waals surface area contributed by atoms with Crippen molar-refractivity contribution >= 4 is 27.7 Å². The van der Waals surface area contributed by atoms with Gasteiger partial charge in [-0.1, -0.05) is 48.9 Å². The third-order valence-electron chi connectivity index (χ3n) is 5.59. The maximum absolute atomic E-state index is 13.2. The molecule has 3 amide bonds. The zero-order valence-corrected chi connectivity index (χ0v) is 19.9. The zero-order chi connectivity index (χ0) is 24.2. The van der Waals surface area contributed by atoms with Crippen molar-refractivity contribution < 1.29 is 22.8 Å². The average molecular weight is 472 g/mol. The normalized spacial score (nSPS) is 15.1. The maximum atomic E-state index is 13.2. The van der Waals surface area contributed by atoms with Gasteiger partial charge in [0.15, 0.2) is 0 Å². The molecule has 1 N–H and O–H groups in total. The number of carbonyl (C=O) groups is 3. The summed E-state index contributed by atoms with van der Waals surface area (Å²) < 4.78 is 26.3. The molecular weight excluding hydrogens is 442 g/mol. The number of aryl methyl sites for hydroxylation is 1. The Bertz CT molecular complexity index is 1160. The van der Waals surface area contributed by atoms with Crippen LogP contribution in [0.1, 0.15) is 48.2 Å².